The molecule has 4 rings (SSSR count). The first-order valence-electron chi connectivity index (χ1n) is 8.11. The number of thiazole rings is 1. The molecule has 7 heteroatoms. The SMILES string of the molecule is COc1cccc(-c2nc(CNc3ccc(-n4nccn4)cc3)cs2)c1. The smallest absolute Gasteiger partial charge is 0.123 e. The van der Waals surface area contributed by atoms with Crippen LogP contribution >= 0.6 is 11.3 Å². The Morgan fingerprint density at radius 1 is 1.08 bits per heavy atom. The lowest BCUT2D eigenvalue weighted by atomic mass is 10.2. The van der Waals surface area contributed by atoms with Gasteiger partial charge in [0.25, 0.3) is 0 Å². The summed E-state index contributed by atoms with van der Waals surface area (Å²) in [6.07, 6.45) is 3.32. The average Bonchev–Trinajstić information content (AvgIpc) is 3.39. The van der Waals surface area contributed by atoms with E-state index < -0.39 is 0 Å². The van der Waals surface area contributed by atoms with Gasteiger partial charge in [0.15, 0.2) is 0 Å². The maximum atomic E-state index is 5.28. The summed E-state index contributed by atoms with van der Waals surface area (Å²) in [6.45, 7) is 0.667. The second-order valence-electron chi connectivity index (χ2n) is 5.59. The minimum atomic E-state index is 0.667. The van der Waals surface area contributed by atoms with Crippen LogP contribution in [0.3, 0.4) is 0 Å². The summed E-state index contributed by atoms with van der Waals surface area (Å²) in [6, 6.07) is 15.9. The molecular weight excluding hydrogens is 346 g/mol. The van der Waals surface area contributed by atoms with E-state index in [2.05, 4.69) is 20.9 Å². The predicted octanol–water partition coefficient (Wildman–Crippen LogP) is 4.01. The third-order valence-corrected chi connectivity index (χ3v) is 4.80. The summed E-state index contributed by atoms with van der Waals surface area (Å²) in [5, 5.41) is 14.7. The Morgan fingerprint density at radius 3 is 2.65 bits per heavy atom. The molecular formula is C19H17N5OS. The van der Waals surface area contributed by atoms with Gasteiger partial charge in [0.2, 0.25) is 0 Å². The fraction of sp³-hybridized carbons (Fsp3) is 0.105. The molecule has 0 bridgehead atoms. The van der Waals surface area contributed by atoms with E-state index in [-0.39, 0.29) is 0 Å². The number of rotatable bonds is 6. The van der Waals surface area contributed by atoms with E-state index in [0.29, 0.717) is 6.54 Å². The highest BCUT2D eigenvalue weighted by Gasteiger charge is 2.06. The summed E-state index contributed by atoms with van der Waals surface area (Å²) >= 11 is 1.63. The number of methoxy groups -OCH3 is 1. The van der Waals surface area contributed by atoms with Crippen LogP contribution in [0.4, 0.5) is 5.69 Å². The number of nitrogens with one attached hydrogen (secondary N) is 1. The summed E-state index contributed by atoms with van der Waals surface area (Å²) in [7, 11) is 1.67. The first-order valence-corrected chi connectivity index (χ1v) is 8.99. The van der Waals surface area contributed by atoms with Crippen LogP contribution in [0.1, 0.15) is 5.69 Å². The van der Waals surface area contributed by atoms with Crippen molar-refractivity contribution in [1.29, 1.82) is 0 Å². The molecule has 6 nitrogen and oxygen atoms in total. The third kappa shape index (κ3) is 3.57. The molecule has 0 saturated carbocycles. The van der Waals surface area contributed by atoms with E-state index in [9.17, 15) is 0 Å². The van der Waals surface area contributed by atoms with Gasteiger partial charge in [-0.05, 0) is 36.4 Å². The van der Waals surface area contributed by atoms with E-state index in [4.69, 9.17) is 9.72 Å². The van der Waals surface area contributed by atoms with Gasteiger partial charge in [-0.15, -0.1) is 11.3 Å². The lowest BCUT2D eigenvalue weighted by Crippen LogP contribution is -2.01. The molecule has 0 atom stereocenters. The number of hydrogen-bond acceptors (Lipinski definition) is 6. The second-order valence-corrected chi connectivity index (χ2v) is 6.45. The summed E-state index contributed by atoms with van der Waals surface area (Å²) in [5.74, 6) is 0.837. The third-order valence-electron chi connectivity index (χ3n) is 3.86. The molecule has 0 aliphatic heterocycles. The topological polar surface area (TPSA) is 64.9 Å². The first-order chi connectivity index (χ1) is 12.8. The van der Waals surface area contributed by atoms with Crippen molar-refractivity contribution in [3.63, 3.8) is 0 Å². The van der Waals surface area contributed by atoms with Crippen molar-refractivity contribution in [3.8, 4) is 22.0 Å². The van der Waals surface area contributed by atoms with E-state index in [1.165, 1.54) is 0 Å². The molecule has 26 heavy (non-hydrogen) atoms. The van der Waals surface area contributed by atoms with Crippen molar-refractivity contribution in [1.82, 2.24) is 20.0 Å². The Bertz CT molecular complexity index is 979. The largest absolute Gasteiger partial charge is 0.497 e. The molecule has 0 radical (unpaired) electrons. The van der Waals surface area contributed by atoms with E-state index in [1.54, 1.807) is 35.6 Å². The Kier molecular flexibility index (Phi) is 4.61. The molecule has 2 heterocycles. The standard InChI is InChI=1S/C19H17N5OS/c1-25-18-4-2-3-14(11-18)19-23-16(13-26-19)12-20-15-5-7-17(8-6-15)24-21-9-10-22-24/h2-11,13,20H,12H2,1H3. The van der Waals surface area contributed by atoms with Gasteiger partial charge in [0, 0.05) is 16.6 Å². The number of anilines is 1. The molecule has 0 spiro atoms. The lowest BCUT2D eigenvalue weighted by Gasteiger charge is -2.06. The Balaban J connectivity index is 1.41. The van der Waals surface area contributed by atoms with Crippen molar-refractivity contribution in [3.05, 3.63) is 72.0 Å². The Hall–Kier alpha value is -3.19. The van der Waals surface area contributed by atoms with Gasteiger partial charge in [-0.1, -0.05) is 12.1 Å². The molecule has 0 amide bonds. The van der Waals surface area contributed by atoms with Crippen molar-refractivity contribution < 1.29 is 4.74 Å². The molecule has 0 saturated heterocycles. The molecule has 0 aliphatic rings. The van der Waals surface area contributed by atoms with Crippen molar-refractivity contribution in [2.24, 2.45) is 0 Å². The van der Waals surface area contributed by atoms with Gasteiger partial charge >= 0.3 is 0 Å². The van der Waals surface area contributed by atoms with E-state index in [0.717, 1.165) is 33.4 Å². The molecule has 1 N–H and O–H groups in total. The van der Waals surface area contributed by atoms with Crippen LogP contribution in [0.25, 0.3) is 16.3 Å². The highest BCUT2D eigenvalue weighted by molar-refractivity contribution is 7.13. The van der Waals surface area contributed by atoms with Gasteiger partial charge < -0.3 is 10.1 Å². The quantitative estimate of drug-likeness (QED) is 0.561. The highest BCUT2D eigenvalue weighted by atomic mass is 32.1. The van der Waals surface area contributed by atoms with Crippen molar-refractivity contribution in [2.75, 3.05) is 12.4 Å². The summed E-state index contributed by atoms with van der Waals surface area (Å²) in [5.41, 5.74) is 4.02. The van der Waals surface area contributed by atoms with Gasteiger partial charge in [-0.3, -0.25) is 0 Å². The van der Waals surface area contributed by atoms with Crippen molar-refractivity contribution in [2.45, 2.75) is 6.54 Å². The fourth-order valence-electron chi connectivity index (χ4n) is 2.53. The molecule has 2 aromatic carbocycles. The van der Waals surface area contributed by atoms with Crippen LogP contribution in [0.5, 0.6) is 5.75 Å². The highest BCUT2D eigenvalue weighted by Crippen LogP contribution is 2.27. The molecule has 2 aromatic heterocycles. The summed E-state index contributed by atoms with van der Waals surface area (Å²) < 4.78 is 5.28. The van der Waals surface area contributed by atoms with Gasteiger partial charge in [0.05, 0.1) is 37.4 Å². The molecule has 0 aliphatic carbocycles. The van der Waals surface area contributed by atoms with Crippen molar-refractivity contribution >= 4 is 17.0 Å². The predicted molar refractivity (Wildman–Crippen MR) is 103 cm³/mol. The zero-order valence-electron chi connectivity index (χ0n) is 14.2. The Morgan fingerprint density at radius 2 is 1.88 bits per heavy atom. The normalized spacial score (nSPS) is 10.7. The number of benzene rings is 2. The lowest BCUT2D eigenvalue weighted by molar-refractivity contribution is 0.415. The van der Waals surface area contributed by atoms with Crippen LogP contribution in [0.2, 0.25) is 0 Å². The molecule has 130 valence electrons. The van der Waals surface area contributed by atoms with Gasteiger partial charge in [-0.25, -0.2) is 4.98 Å². The van der Waals surface area contributed by atoms with Crippen LogP contribution in [-0.4, -0.2) is 27.1 Å². The number of aromatic nitrogens is 4. The average molecular weight is 363 g/mol. The molecule has 0 unspecified atom stereocenters. The monoisotopic (exact) mass is 363 g/mol. The zero-order valence-corrected chi connectivity index (χ0v) is 15.0. The maximum Gasteiger partial charge on any atom is 0.123 e. The molecule has 0 fully saturated rings. The number of ether oxygens (including phenoxy) is 1. The van der Waals surface area contributed by atoms with Crippen LogP contribution in [-0.2, 0) is 6.54 Å². The minimum absolute atomic E-state index is 0.667. The van der Waals surface area contributed by atoms with Gasteiger partial charge in [0.1, 0.15) is 10.8 Å². The van der Waals surface area contributed by atoms with Gasteiger partial charge in [-0.2, -0.15) is 15.0 Å². The fourth-order valence-corrected chi connectivity index (χ4v) is 3.35. The molecule has 4 aromatic rings. The first kappa shape index (κ1) is 16.3. The minimum Gasteiger partial charge on any atom is -0.497 e. The Labute approximate surface area is 155 Å². The number of hydrogen-bond donors (Lipinski definition) is 1. The van der Waals surface area contributed by atoms with E-state index >= 15 is 0 Å². The van der Waals surface area contributed by atoms with Crippen LogP contribution in [0, 0.1) is 0 Å². The second kappa shape index (κ2) is 7.37. The summed E-state index contributed by atoms with van der Waals surface area (Å²) in [4.78, 5) is 6.29. The zero-order chi connectivity index (χ0) is 17.8. The van der Waals surface area contributed by atoms with Crippen LogP contribution in [0.15, 0.2) is 66.3 Å². The maximum absolute atomic E-state index is 5.28. The van der Waals surface area contributed by atoms with Crippen LogP contribution < -0.4 is 10.1 Å². The number of nitrogens with zero attached hydrogens (tertiary/aromatic N) is 4. The van der Waals surface area contributed by atoms with E-state index in [1.807, 2.05) is 48.5 Å².